The summed E-state index contributed by atoms with van der Waals surface area (Å²) in [6.07, 6.45) is 9.55. The van der Waals surface area contributed by atoms with Crippen molar-refractivity contribution in [3.05, 3.63) is 102 Å². The van der Waals surface area contributed by atoms with Gasteiger partial charge in [-0.2, -0.15) is 4.99 Å². The number of quaternary nitrogens is 1. The topological polar surface area (TPSA) is 58.6 Å². The summed E-state index contributed by atoms with van der Waals surface area (Å²) in [6, 6.07) is 18.2. The molecule has 2 heterocycles. The molecule has 1 fully saturated rings. The number of hydrogen-bond acceptors (Lipinski definition) is 4. The van der Waals surface area contributed by atoms with E-state index < -0.39 is 5.60 Å². The van der Waals surface area contributed by atoms with E-state index in [1.807, 2.05) is 55.0 Å². The van der Waals surface area contributed by atoms with E-state index in [0.717, 1.165) is 39.0 Å². The second-order valence-corrected chi connectivity index (χ2v) is 8.39. The number of fused-ring (bicyclic) bond motifs is 1. The average Bonchev–Trinajstić information content (AvgIpc) is 3.16. The number of nitrogens with zero attached hydrogens (tertiary/aromatic N) is 2. The minimum absolute atomic E-state index is 0. The zero-order chi connectivity index (χ0) is 21.3. The lowest BCUT2D eigenvalue weighted by Crippen LogP contribution is -3.08. The van der Waals surface area contributed by atoms with Gasteiger partial charge in [-0.3, -0.25) is 4.99 Å². The summed E-state index contributed by atoms with van der Waals surface area (Å²) in [5.74, 6) is 2.00. The molecule has 0 saturated heterocycles. The molecule has 0 bridgehead atoms. The molecule has 5 nitrogen and oxygen atoms in total. The highest BCUT2D eigenvalue weighted by Crippen LogP contribution is 2.45. The molecule has 1 aliphatic carbocycles. The van der Waals surface area contributed by atoms with Crippen LogP contribution >= 0.6 is 0 Å². The summed E-state index contributed by atoms with van der Waals surface area (Å²) in [5.41, 5.74) is 3.61. The van der Waals surface area contributed by atoms with E-state index in [1.54, 1.807) is 6.08 Å². The predicted molar refractivity (Wildman–Crippen MR) is 122 cm³/mol. The van der Waals surface area contributed by atoms with Gasteiger partial charge in [-0.05, 0) is 43.0 Å². The number of benzene rings is 2. The Morgan fingerprint density at radius 1 is 1.16 bits per heavy atom. The zero-order valence-electron chi connectivity index (χ0n) is 17.7. The number of halogens is 1. The van der Waals surface area contributed by atoms with Crippen molar-refractivity contribution in [1.82, 2.24) is 0 Å². The van der Waals surface area contributed by atoms with Gasteiger partial charge in [-0.25, -0.2) is 4.90 Å². The van der Waals surface area contributed by atoms with Gasteiger partial charge in [0.05, 0.1) is 23.6 Å². The molecule has 0 spiro atoms. The van der Waals surface area contributed by atoms with Gasteiger partial charge in [0.15, 0.2) is 5.70 Å². The first-order valence-electron chi connectivity index (χ1n) is 10.7. The molecule has 6 heteroatoms. The number of ether oxygens (including phenoxy) is 1. The Balaban J connectivity index is 0.00000245. The van der Waals surface area contributed by atoms with Crippen LogP contribution in [0.1, 0.15) is 30.4 Å². The third-order valence-corrected chi connectivity index (χ3v) is 6.10. The minimum atomic E-state index is -0.648. The molecule has 0 radical (unpaired) electrons. The van der Waals surface area contributed by atoms with Crippen molar-refractivity contribution >= 4 is 12.1 Å². The van der Waals surface area contributed by atoms with E-state index >= 15 is 0 Å². The van der Waals surface area contributed by atoms with Crippen LogP contribution in [0.25, 0.3) is 0 Å². The van der Waals surface area contributed by atoms with Crippen LogP contribution in [-0.2, 0) is 6.61 Å². The van der Waals surface area contributed by atoms with Gasteiger partial charge < -0.3 is 22.3 Å². The summed E-state index contributed by atoms with van der Waals surface area (Å²) in [6.45, 7) is 4.29. The molecule has 32 heavy (non-hydrogen) atoms. The van der Waals surface area contributed by atoms with Gasteiger partial charge in [0.2, 0.25) is 5.84 Å². The lowest BCUT2D eigenvalue weighted by atomic mass is 9.67. The fourth-order valence-corrected chi connectivity index (χ4v) is 4.54. The lowest BCUT2D eigenvalue weighted by Gasteiger charge is -2.42. The van der Waals surface area contributed by atoms with Gasteiger partial charge >= 0.3 is 0 Å². The smallest absolute Gasteiger partial charge is 0.243 e. The molecule has 2 aromatic rings. The molecule has 164 valence electrons. The highest BCUT2D eigenvalue weighted by Gasteiger charge is 2.47. The first kappa shape index (κ1) is 22.2. The molecule has 1 unspecified atom stereocenters. The van der Waals surface area contributed by atoms with Crippen LogP contribution in [0.3, 0.4) is 0 Å². The quantitative estimate of drug-likeness (QED) is 0.604. The van der Waals surface area contributed by atoms with Crippen molar-refractivity contribution in [1.29, 1.82) is 0 Å². The van der Waals surface area contributed by atoms with Gasteiger partial charge in [0, 0.05) is 5.92 Å². The molecule has 5 rings (SSSR count). The van der Waals surface area contributed by atoms with E-state index in [2.05, 4.69) is 29.8 Å². The Kier molecular flexibility index (Phi) is 6.42. The molecule has 0 aromatic heterocycles. The largest absolute Gasteiger partial charge is 1.00 e. The lowest BCUT2D eigenvalue weighted by molar-refractivity contribution is -0.689. The van der Waals surface area contributed by atoms with Crippen LogP contribution < -0.4 is 22.0 Å². The molecule has 2 aliphatic heterocycles. The number of aliphatic hydroxyl groups is 1. The number of hydrogen-bond donors (Lipinski definition) is 2. The molecule has 3 aliphatic rings. The van der Waals surface area contributed by atoms with E-state index in [9.17, 15) is 5.11 Å². The van der Waals surface area contributed by atoms with E-state index in [4.69, 9.17) is 9.73 Å². The van der Waals surface area contributed by atoms with Crippen molar-refractivity contribution in [2.75, 3.05) is 0 Å². The number of aliphatic imine (C=N–C) groups is 2. The van der Waals surface area contributed by atoms with Gasteiger partial charge in [-0.15, -0.1) is 6.58 Å². The molecule has 0 amide bonds. The standard InChI is InChI=1S/C26H25N3O2.ClH/c1-2-11-26(30)15-21(16-26)24-23-17-27-12-13-29(23)25(28-24)20-9-6-10-22(14-20)31-18-19-7-4-3-5-8-19;/h2-10,12-14,17,21,30H,1,11,15-16,18H2;1H. The predicted octanol–water partition coefficient (Wildman–Crippen LogP) is 0.399. The minimum Gasteiger partial charge on any atom is -1.00 e. The van der Waals surface area contributed by atoms with Gasteiger partial charge in [0.25, 0.3) is 0 Å². The maximum atomic E-state index is 10.6. The second kappa shape index (κ2) is 9.25. The SMILES string of the molecule is C=CCC1(O)CC(C2=C3C=NC=C[NH+]3C(c3cccc(OCc4ccccc4)c3)=N2)C1.[Cl-]. The zero-order valence-corrected chi connectivity index (χ0v) is 18.5. The Morgan fingerprint density at radius 3 is 2.75 bits per heavy atom. The van der Waals surface area contributed by atoms with E-state index in [1.165, 1.54) is 0 Å². The van der Waals surface area contributed by atoms with Crippen LogP contribution in [0.5, 0.6) is 5.75 Å². The number of allylic oxidation sites excluding steroid dienone is 2. The first-order chi connectivity index (χ1) is 15.1. The van der Waals surface area contributed by atoms with Crippen molar-refractivity contribution in [2.45, 2.75) is 31.5 Å². The van der Waals surface area contributed by atoms with Crippen molar-refractivity contribution in [2.24, 2.45) is 15.9 Å². The summed E-state index contributed by atoms with van der Waals surface area (Å²) >= 11 is 0. The Hall–Kier alpha value is -2.99. The van der Waals surface area contributed by atoms with Gasteiger partial charge in [-0.1, -0.05) is 42.5 Å². The van der Waals surface area contributed by atoms with Crippen molar-refractivity contribution in [3.8, 4) is 5.75 Å². The molecule has 2 aromatic carbocycles. The Labute approximate surface area is 194 Å². The van der Waals surface area contributed by atoms with Crippen LogP contribution in [0.4, 0.5) is 0 Å². The fraction of sp³-hybridized carbons (Fsp3) is 0.231. The van der Waals surface area contributed by atoms with Crippen LogP contribution in [0, 0.1) is 5.92 Å². The first-order valence-corrected chi connectivity index (χ1v) is 10.7. The van der Waals surface area contributed by atoms with E-state index in [0.29, 0.717) is 25.9 Å². The number of amidine groups is 1. The second-order valence-electron chi connectivity index (χ2n) is 8.39. The summed E-state index contributed by atoms with van der Waals surface area (Å²) in [4.78, 5) is 10.5. The molecule has 1 atom stereocenters. The fourth-order valence-electron chi connectivity index (χ4n) is 4.54. The van der Waals surface area contributed by atoms with Gasteiger partial charge in [0.1, 0.15) is 24.3 Å². The summed E-state index contributed by atoms with van der Waals surface area (Å²) < 4.78 is 6.02. The van der Waals surface area contributed by atoms with Crippen LogP contribution in [-0.4, -0.2) is 22.8 Å². The third kappa shape index (κ3) is 4.32. The Morgan fingerprint density at radius 2 is 1.97 bits per heavy atom. The number of rotatable bonds is 7. The average molecular weight is 448 g/mol. The summed E-state index contributed by atoms with van der Waals surface area (Å²) in [7, 11) is 0. The van der Waals surface area contributed by atoms with Crippen molar-refractivity contribution < 1.29 is 27.2 Å². The molecule has 1 saturated carbocycles. The van der Waals surface area contributed by atoms with E-state index in [-0.39, 0.29) is 18.3 Å². The normalized spacial score (nSPS) is 25.5. The maximum absolute atomic E-state index is 10.6. The monoisotopic (exact) mass is 447 g/mol. The van der Waals surface area contributed by atoms with Crippen molar-refractivity contribution in [3.63, 3.8) is 0 Å². The highest BCUT2D eigenvalue weighted by atomic mass is 35.5. The third-order valence-electron chi connectivity index (χ3n) is 6.10. The summed E-state index contributed by atoms with van der Waals surface area (Å²) in [5, 5.41) is 10.6. The molecular weight excluding hydrogens is 422 g/mol. The van der Waals surface area contributed by atoms with Crippen LogP contribution in [0.2, 0.25) is 0 Å². The Bertz CT molecular complexity index is 1110. The number of nitrogens with one attached hydrogen (secondary N) is 1. The van der Waals surface area contributed by atoms with Crippen LogP contribution in [0.15, 0.2) is 101 Å². The highest BCUT2D eigenvalue weighted by molar-refractivity contribution is 5.98. The molecular formula is C26H26ClN3O2. The maximum Gasteiger partial charge on any atom is 0.243 e. The molecule has 2 N–H and O–H groups in total.